The van der Waals surface area contributed by atoms with Gasteiger partial charge in [-0.25, -0.2) is 4.39 Å². The fourth-order valence-electron chi connectivity index (χ4n) is 2.77. The fraction of sp³-hybridized carbons (Fsp3) is 0.263. The molecule has 2 N–H and O–H groups in total. The highest BCUT2D eigenvalue weighted by Gasteiger charge is 2.35. The number of halogens is 1. The van der Waals surface area contributed by atoms with Crippen molar-refractivity contribution in [2.45, 2.75) is 25.4 Å². The second kappa shape index (κ2) is 7.24. The van der Waals surface area contributed by atoms with Crippen LogP contribution in [0.1, 0.15) is 24.0 Å². The highest BCUT2D eigenvalue weighted by Crippen LogP contribution is 2.16. The van der Waals surface area contributed by atoms with E-state index in [-0.39, 0.29) is 11.7 Å². The molecule has 0 radical (unpaired) electrons. The van der Waals surface area contributed by atoms with Crippen LogP contribution in [0.2, 0.25) is 0 Å². The first-order valence-electron chi connectivity index (χ1n) is 8.03. The van der Waals surface area contributed by atoms with Crippen LogP contribution in [-0.2, 0) is 11.3 Å². The van der Waals surface area contributed by atoms with E-state index in [4.69, 9.17) is 5.26 Å². The third-order valence-electron chi connectivity index (χ3n) is 4.22. The molecule has 24 heavy (non-hydrogen) atoms. The Balaban J connectivity index is 1.62. The summed E-state index contributed by atoms with van der Waals surface area (Å²) in [6, 6.07) is 16.0. The topological polar surface area (TPSA) is 57.3 Å². The third-order valence-corrected chi connectivity index (χ3v) is 4.22. The summed E-state index contributed by atoms with van der Waals surface area (Å²) in [5.74, 6) is -0.318. The van der Waals surface area contributed by atoms with Crippen LogP contribution in [0.4, 0.5) is 10.1 Å². The van der Waals surface area contributed by atoms with E-state index in [0.717, 1.165) is 17.7 Å². The Hall–Kier alpha value is -2.71. The van der Waals surface area contributed by atoms with Gasteiger partial charge in [0, 0.05) is 24.1 Å². The maximum atomic E-state index is 13.8. The monoisotopic (exact) mass is 324 g/mol. The molecular formula is C19H19FN3O+. The molecule has 5 heteroatoms. The molecule has 1 unspecified atom stereocenters. The van der Waals surface area contributed by atoms with Crippen LogP contribution in [0.5, 0.6) is 0 Å². The quantitative estimate of drug-likeness (QED) is 0.852. The fourth-order valence-corrected chi connectivity index (χ4v) is 2.77. The highest BCUT2D eigenvalue weighted by molar-refractivity contribution is 5.91. The van der Waals surface area contributed by atoms with Crippen LogP contribution in [0.3, 0.4) is 0 Å². The van der Waals surface area contributed by atoms with Crippen molar-refractivity contribution in [3.05, 3.63) is 65.5 Å². The minimum atomic E-state index is -0.219. The predicted octanol–water partition coefficient (Wildman–Crippen LogP) is 1.88. The average Bonchev–Trinajstić information content (AvgIpc) is 3.42. The van der Waals surface area contributed by atoms with Crippen molar-refractivity contribution >= 4 is 11.6 Å². The number of rotatable bonds is 6. The number of nitriles is 1. The Labute approximate surface area is 140 Å². The molecule has 1 fully saturated rings. The maximum Gasteiger partial charge on any atom is 0.279 e. The van der Waals surface area contributed by atoms with Crippen LogP contribution in [0.25, 0.3) is 0 Å². The van der Waals surface area contributed by atoms with Crippen molar-refractivity contribution in [2.75, 3.05) is 11.9 Å². The molecule has 0 aliphatic heterocycles. The van der Waals surface area contributed by atoms with Crippen molar-refractivity contribution in [3.63, 3.8) is 0 Å². The van der Waals surface area contributed by atoms with E-state index < -0.39 is 0 Å². The molecule has 1 aliphatic carbocycles. The van der Waals surface area contributed by atoms with Crippen molar-refractivity contribution in [3.8, 4) is 6.07 Å². The first-order valence-corrected chi connectivity index (χ1v) is 8.03. The van der Waals surface area contributed by atoms with Gasteiger partial charge in [0.05, 0.1) is 17.7 Å². The molecule has 1 amide bonds. The van der Waals surface area contributed by atoms with Crippen molar-refractivity contribution in [1.82, 2.24) is 0 Å². The number of benzene rings is 2. The average molecular weight is 324 g/mol. The summed E-state index contributed by atoms with van der Waals surface area (Å²) in [5.41, 5.74) is 1.86. The lowest BCUT2D eigenvalue weighted by molar-refractivity contribution is -0.917. The van der Waals surface area contributed by atoms with Crippen LogP contribution >= 0.6 is 0 Å². The lowest BCUT2D eigenvalue weighted by Gasteiger charge is -2.19. The normalized spacial score (nSPS) is 14.7. The minimum absolute atomic E-state index is 0.0991. The first kappa shape index (κ1) is 16.2. The number of anilines is 1. The number of nitrogens with zero attached hydrogens (tertiary/aromatic N) is 1. The number of carbonyl (C=O) groups excluding carboxylic acids is 1. The van der Waals surface area contributed by atoms with E-state index >= 15 is 0 Å². The van der Waals surface area contributed by atoms with Crippen molar-refractivity contribution in [2.24, 2.45) is 0 Å². The molecule has 0 aromatic heterocycles. The van der Waals surface area contributed by atoms with Gasteiger partial charge in [0.1, 0.15) is 12.4 Å². The number of hydrogen-bond donors (Lipinski definition) is 2. The Bertz CT molecular complexity index is 763. The summed E-state index contributed by atoms with van der Waals surface area (Å²) >= 11 is 0. The summed E-state index contributed by atoms with van der Waals surface area (Å²) in [4.78, 5) is 13.4. The number of hydrogen-bond acceptors (Lipinski definition) is 2. The molecule has 2 aromatic rings. The van der Waals surface area contributed by atoms with Gasteiger partial charge in [-0.05, 0) is 30.3 Å². The number of amides is 1. The van der Waals surface area contributed by atoms with Gasteiger partial charge in [0.2, 0.25) is 0 Å². The lowest BCUT2D eigenvalue weighted by Crippen LogP contribution is -3.13. The number of nitrogens with one attached hydrogen (secondary N) is 2. The van der Waals surface area contributed by atoms with Crippen LogP contribution in [0, 0.1) is 17.1 Å². The molecule has 1 saturated carbocycles. The number of quaternary nitrogens is 1. The smallest absolute Gasteiger partial charge is 0.279 e. The van der Waals surface area contributed by atoms with E-state index in [0.29, 0.717) is 35.9 Å². The summed E-state index contributed by atoms with van der Waals surface area (Å²) in [7, 11) is 0. The van der Waals surface area contributed by atoms with E-state index in [1.165, 1.54) is 6.07 Å². The van der Waals surface area contributed by atoms with E-state index in [9.17, 15) is 9.18 Å². The zero-order valence-electron chi connectivity index (χ0n) is 13.3. The van der Waals surface area contributed by atoms with E-state index in [2.05, 4.69) is 5.32 Å². The molecule has 1 atom stereocenters. The molecule has 0 heterocycles. The summed E-state index contributed by atoms with van der Waals surface area (Å²) in [5, 5.41) is 11.6. The Morgan fingerprint density at radius 2 is 1.92 bits per heavy atom. The summed E-state index contributed by atoms with van der Waals surface area (Å²) < 4.78 is 13.8. The van der Waals surface area contributed by atoms with Gasteiger partial charge in [-0.2, -0.15) is 5.26 Å². The molecular weight excluding hydrogens is 305 g/mol. The summed E-state index contributed by atoms with van der Waals surface area (Å²) in [6.45, 7) is 0.817. The largest absolute Gasteiger partial charge is 0.321 e. The molecule has 122 valence electrons. The van der Waals surface area contributed by atoms with Crippen LogP contribution < -0.4 is 10.2 Å². The highest BCUT2D eigenvalue weighted by atomic mass is 19.1. The Kier molecular flexibility index (Phi) is 4.88. The SMILES string of the molecule is N#Cc1ccc(NC(=O)C[NH+](Cc2ccccc2F)C2CC2)cc1. The van der Waals surface area contributed by atoms with Crippen molar-refractivity contribution in [1.29, 1.82) is 5.26 Å². The standard InChI is InChI=1S/C19H18FN3O/c20-18-4-2-1-3-15(18)12-23(17-9-10-17)13-19(24)22-16-7-5-14(11-21)6-8-16/h1-8,17H,9-10,12-13H2,(H,22,24)/p+1. The van der Waals surface area contributed by atoms with Crippen LogP contribution in [-0.4, -0.2) is 18.5 Å². The lowest BCUT2D eigenvalue weighted by atomic mass is 10.2. The predicted molar refractivity (Wildman–Crippen MR) is 88.7 cm³/mol. The van der Waals surface area contributed by atoms with Crippen LogP contribution in [0.15, 0.2) is 48.5 Å². The zero-order chi connectivity index (χ0) is 16.9. The van der Waals surface area contributed by atoms with E-state index in [1.807, 2.05) is 12.1 Å². The Morgan fingerprint density at radius 1 is 1.21 bits per heavy atom. The second-order valence-corrected chi connectivity index (χ2v) is 6.11. The number of carbonyl (C=O) groups is 1. The minimum Gasteiger partial charge on any atom is -0.321 e. The van der Waals surface area contributed by atoms with Gasteiger partial charge in [0.25, 0.3) is 5.91 Å². The van der Waals surface area contributed by atoms with Crippen molar-refractivity contribution < 1.29 is 14.1 Å². The molecule has 1 aliphatic rings. The molecule has 0 bridgehead atoms. The van der Waals surface area contributed by atoms with Gasteiger partial charge in [-0.3, -0.25) is 4.79 Å². The molecule has 4 nitrogen and oxygen atoms in total. The second-order valence-electron chi connectivity index (χ2n) is 6.11. The van der Waals surface area contributed by atoms with Gasteiger partial charge in [-0.15, -0.1) is 0 Å². The Morgan fingerprint density at radius 3 is 2.54 bits per heavy atom. The van der Waals surface area contributed by atoms with Gasteiger partial charge < -0.3 is 10.2 Å². The zero-order valence-corrected chi connectivity index (χ0v) is 13.3. The molecule has 0 spiro atoms. The summed E-state index contributed by atoms with van der Waals surface area (Å²) in [6.07, 6.45) is 2.15. The third kappa shape index (κ3) is 4.18. The molecule has 2 aromatic carbocycles. The van der Waals surface area contributed by atoms with Gasteiger partial charge in [0.15, 0.2) is 6.54 Å². The van der Waals surface area contributed by atoms with Gasteiger partial charge in [-0.1, -0.05) is 18.2 Å². The van der Waals surface area contributed by atoms with E-state index in [1.54, 1.807) is 36.4 Å². The molecule has 3 rings (SSSR count). The first-order chi connectivity index (χ1) is 11.7. The van der Waals surface area contributed by atoms with Gasteiger partial charge >= 0.3 is 0 Å². The maximum absolute atomic E-state index is 13.8. The molecule has 0 saturated heterocycles.